The molecule has 0 radical (unpaired) electrons. The van der Waals surface area contributed by atoms with Gasteiger partial charge in [0.2, 0.25) is 0 Å². The van der Waals surface area contributed by atoms with E-state index in [0.29, 0.717) is 5.92 Å². The first-order valence-corrected chi connectivity index (χ1v) is 25.4. The Morgan fingerprint density at radius 2 is 0.712 bits per heavy atom. The molecule has 14 rings (SSSR count). The Hall–Kier alpha value is -9.12. The molecule has 0 saturated heterocycles. The molecule has 4 heteroatoms. The molecular weight excluding hydrogens is 889 g/mol. The zero-order valence-corrected chi connectivity index (χ0v) is 41.2. The van der Waals surface area contributed by atoms with E-state index in [0.717, 1.165) is 111 Å². The second kappa shape index (κ2) is 16.8. The van der Waals surface area contributed by atoms with Crippen LogP contribution in [-0.2, 0) is 0 Å². The minimum atomic E-state index is 0.376. The van der Waals surface area contributed by atoms with Gasteiger partial charge in [-0.25, -0.2) is 0 Å². The van der Waals surface area contributed by atoms with Gasteiger partial charge in [-0.05, 0) is 106 Å². The maximum atomic E-state index is 7.29. The zero-order chi connectivity index (χ0) is 48.9. The summed E-state index contributed by atoms with van der Waals surface area (Å²) in [6.07, 6.45) is 0. The average Bonchev–Trinajstić information content (AvgIpc) is 4.02. The molecule has 0 aliphatic rings. The third kappa shape index (κ3) is 6.67. The van der Waals surface area contributed by atoms with Crippen LogP contribution >= 0.6 is 0 Å². The summed E-state index contributed by atoms with van der Waals surface area (Å²) >= 11 is 0. The normalized spacial score (nSPS) is 12.0. The van der Waals surface area contributed by atoms with E-state index in [4.69, 9.17) is 8.83 Å². The van der Waals surface area contributed by atoms with Gasteiger partial charge in [-0.15, -0.1) is 0 Å². The van der Waals surface area contributed by atoms with Crippen LogP contribution in [0.1, 0.15) is 36.5 Å². The van der Waals surface area contributed by atoms with Gasteiger partial charge in [0.05, 0.1) is 22.7 Å². The predicted molar refractivity (Wildman–Crippen MR) is 309 cm³/mol. The third-order valence-electron chi connectivity index (χ3n) is 15.2. The molecule has 0 aliphatic heterocycles. The summed E-state index contributed by atoms with van der Waals surface area (Å²) in [6.45, 7) is 8.91. The number of benzene rings is 12. The highest BCUT2D eigenvalue weighted by Crippen LogP contribution is 2.53. The molecular formula is C69H50N2O2. The lowest BCUT2D eigenvalue weighted by atomic mass is 9.88. The van der Waals surface area contributed by atoms with Gasteiger partial charge < -0.3 is 18.6 Å². The molecule has 0 atom stereocenters. The number of furan rings is 2. The van der Waals surface area contributed by atoms with E-state index in [1.165, 1.54) is 38.2 Å². The van der Waals surface area contributed by atoms with Gasteiger partial charge in [0.15, 0.2) is 11.2 Å². The third-order valence-corrected chi connectivity index (χ3v) is 15.2. The highest BCUT2D eigenvalue weighted by atomic mass is 16.3. The first-order valence-electron chi connectivity index (χ1n) is 25.4. The van der Waals surface area contributed by atoms with Gasteiger partial charge in [-0.1, -0.05) is 196 Å². The van der Waals surface area contributed by atoms with Crippen LogP contribution in [0.3, 0.4) is 0 Å². The number of fused-ring (bicyclic) bond motifs is 6. The van der Waals surface area contributed by atoms with Gasteiger partial charge >= 0.3 is 0 Å². The lowest BCUT2D eigenvalue weighted by molar-refractivity contribution is 0.670. The van der Waals surface area contributed by atoms with Gasteiger partial charge in [-0.3, -0.25) is 0 Å². The minimum absolute atomic E-state index is 0.376. The molecule has 348 valence electrons. The fourth-order valence-electron chi connectivity index (χ4n) is 11.7. The molecule has 0 bridgehead atoms. The zero-order valence-electron chi connectivity index (χ0n) is 41.2. The van der Waals surface area contributed by atoms with Crippen LogP contribution in [0.4, 0.5) is 34.1 Å². The highest BCUT2D eigenvalue weighted by Gasteiger charge is 2.29. The number of hydrogen-bond donors (Lipinski definition) is 0. The summed E-state index contributed by atoms with van der Waals surface area (Å²) in [5.41, 5.74) is 17.6. The quantitative estimate of drug-likeness (QED) is 0.135. The molecule has 0 saturated carbocycles. The maximum Gasteiger partial charge on any atom is 0.159 e. The monoisotopic (exact) mass is 938 g/mol. The number of aryl methyl sites for hydroxylation is 2. The predicted octanol–water partition coefficient (Wildman–Crippen LogP) is 20.4. The van der Waals surface area contributed by atoms with Crippen LogP contribution in [0.15, 0.2) is 233 Å². The molecule has 0 fully saturated rings. The summed E-state index contributed by atoms with van der Waals surface area (Å²) < 4.78 is 14.6. The van der Waals surface area contributed by atoms with Crippen molar-refractivity contribution in [2.45, 2.75) is 33.6 Å². The van der Waals surface area contributed by atoms with Crippen LogP contribution in [0.2, 0.25) is 0 Å². The van der Waals surface area contributed by atoms with Gasteiger partial charge in [0, 0.05) is 60.2 Å². The Morgan fingerprint density at radius 3 is 1.15 bits per heavy atom. The van der Waals surface area contributed by atoms with Crippen LogP contribution < -0.4 is 9.80 Å². The molecule has 12 aromatic carbocycles. The van der Waals surface area contributed by atoms with E-state index in [1.807, 2.05) is 0 Å². The van der Waals surface area contributed by atoms with Crippen molar-refractivity contribution in [3.8, 4) is 22.3 Å². The summed E-state index contributed by atoms with van der Waals surface area (Å²) in [4.78, 5) is 4.85. The van der Waals surface area contributed by atoms with Crippen molar-refractivity contribution in [3.05, 3.63) is 241 Å². The molecule has 0 amide bonds. The molecule has 0 aliphatic carbocycles. The van der Waals surface area contributed by atoms with Crippen LogP contribution in [0.5, 0.6) is 0 Å². The summed E-state index contributed by atoms with van der Waals surface area (Å²) in [7, 11) is 0. The Kier molecular flexibility index (Phi) is 9.81. The highest BCUT2D eigenvalue weighted by molar-refractivity contribution is 6.30. The summed E-state index contributed by atoms with van der Waals surface area (Å²) in [5.74, 6) is 0.376. The smallest absolute Gasteiger partial charge is 0.159 e. The number of anilines is 6. The Balaban J connectivity index is 1.10. The van der Waals surface area contributed by atoms with Crippen molar-refractivity contribution in [3.63, 3.8) is 0 Å². The minimum Gasteiger partial charge on any atom is -0.453 e. The van der Waals surface area contributed by atoms with Crippen LogP contribution in [0, 0.1) is 13.8 Å². The van der Waals surface area contributed by atoms with E-state index in [2.05, 4.69) is 262 Å². The van der Waals surface area contributed by atoms with Crippen molar-refractivity contribution in [1.82, 2.24) is 0 Å². The first kappa shape index (κ1) is 42.7. The van der Waals surface area contributed by atoms with Crippen molar-refractivity contribution >= 4 is 110 Å². The topological polar surface area (TPSA) is 32.8 Å². The average molecular weight is 939 g/mol. The molecule has 14 aromatic rings. The second-order valence-corrected chi connectivity index (χ2v) is 19.9. The molecule has 2 aromatic heterocycles. The fourth-order valence-corrected chi connectivity index (χ4v) is 11.7. The first-order chi connectivity index (χ1) is 35.9. The molecule has 4 nitrogen and oxygen atoms in total. The number of nitrogens with zero attached hydrogens (tertiary/aromatic N) is 2. The lowest BCUT2D eigenvalue weighted by Crippen LogP contribution is -2.15. The number of hydrogen-bond acceptors (Lipinski definition) is 4. The summed E-state index contributed by atoms with van der Waals surface area (Å²) in [6, 6.07) is 81.5. The van der Waals surface area contributed by atoms with E-state index in [-0.39, 0.29) is 0 Å². The number of para-hydroxylation sites is 6. The van der Waals surface area contributed by atoms with Crippen LogP contribution in [-0.4, -0.2) is 0 Å². The molecule has 0 N–H and O–H groups in total. The molecule has 0 spiro atoms. The van der Waals surface area contributed by atoms with Gasteiger partial charge in [-0.2, -0.15) is 0 Å². The van der Waals surface area contributed by atoms with Crippen molar-refractivity contribution in [2.24, 2.45) is 0 Å². The van der Waals surface area contributed by atoms with E-state index in [9.17, 15) is 0 Å². The van der Waals surface area contributed by atoms with E-state index < -0.39 is 0 Å². The maximum absolute atomic E-state index is 7.29. The van der Waals surface area contributed by atoms with Gasteiger partial charge in [0.25, 0.3) is 0 Å². The van der Waals surface area contributed by atoms with Crippen molar-refractivity contribution < 1.29 is 8.83 Å². The Morgan fingerprint density at radius 1 is 0.315 bits per heavy atom. The van der Waals surface area contributed by atoms with Crippen molar-refractivity contribution in [1.29, 1.82) is 0 Å². The lowest BCUT2D eigenvalue weighted by Gasteiger charge is -2.32. The Labute approximate surface area is 423 Å². The molecule has 2 heterocycles. The molecule has 73 heavy (non-hydrogen) atoms. The number of rotatable bonds is 9. The largest absolute Gasteiger partial charge is 0.453 e. The summed E-state index contributed by atoms with van der Waals surface area (Å²) in [5, 5.41) is 11.5. The standard InChI is InChI=1S/C69H50N2O2/c1-42(2)47-39-45-35-37-58-62(70(48-21-7-5-8-22-48)60-33-17-31-56-54-29-15-27-52(66(54)72-68(56)60)50-25-13-11-19-43(50)3)41-63(59-38-36-46(40-47)64(45)65(58)59)71(49-23-9-6-10-24-49)61-34-18-32-57-55-30-16-28-53(67(55)73-69(57)61)51-26-14-12-20-44(51)4/h5-42H,1-4H3. The second-order valence-electron chi connectivity index (χ2n) is 19.9. The SMILES string of the molecule is Cc1ccccc1-c1cccc2c1oc1c(N(c3ccccc3)c3cc(N(c4ccccc4)c4cccc5c4oc4c(-c6ccccc6C)cccc45)c4ccc5cc(C(C)C)cc6ccc3c4c65)cccc12. The molecule has 0 unspecified atom stereocenters. The van der Waals surface area contributed by atoms with E-state index >= 15 is 0 Å². The Bertz CT molecular complexity index is 4170. The van der Waals surface area contributed by atoms with E-state index in [1.54, 1.807) is 0 Å². The van der Waals surface area contributed by atoms with Crippen LogP contribution in [0.25, 0.3) is 98.4 Å². The fraction of sp³-hybridized carbons (Fsp3) is 0.0725. The van der Waals surface area contributed by atoms with Crippen molar-refractivity contribution in [2.75, 3.05) is 9.80 Å². The van der Waals surface area contributed by atoms with Gasteiger partial charge in [0.1, 0.15) is 11.2 Å².